The third-order valence-electron chi connectivity index (χ3n) is 4.14. The van der Waals surface area contributed by atoms with Crippen LogP contribution in [0.1, 0.15) is 28.4 Å². The molecule has 3 aromatic rings. The Balaban J connectivity index is 1.69. The van der Waals surface area contributed by atoms with Gasteiger partial charge in [-0.3, -0.25) is 0 Å². The lowest BCUT2D eigenvalue weighted by Gasteiger charge is -2.12. The van der Waals surface area contributed by atoms with Crippen LogP contribution in [0.5, 0.6) is 5.75 Å². The standard InChI is InChI=1S/C17H10F3N5O/c18-17(19,20)13-1-2-14-11(6-13)7-15(26-14)10-3-9(8-21)4-12(5-10)16-22-24-25-23-16/h1-6,15H,7H2,(H,22,23,24,25). The quantitative estimate of drug-likeness (QED) is 0.759. The third kappa shape index (κ3) is 2.86. The van der Waals surface area contributed by atoms with Crippen molar-refractivity contribution >= 4 is 0 Å². The predicted molar refractivity (Wildman–Crippen MR) is 82.8 cm³/mol. The summed E-state index contributed by atoms with van der Waals surface area (Å²) in [5, 5.41) is 22.7. The minimum absolute atomic E-state index is 0.280. The van der Waals surface area contributed by atoms with Gasteiger partial charge in [0.15, 0.2) is 5.82 Å². The molecule has 0 amide bonds. The number of fused-ring (bicyclic) bond motifs is 1. The highest BCUT2D eigenvalue weighted by atomic mass is 19.4. The number of hydrogen-bond acceptors (Lipinski definition) is 5. The number of ether oxygens (including phenoxy) is 1. The zero-order valence-corrected chi connectivity index (χ0v) is 13.1. The summed E-state index contributed by atoms with van der Waals surface area (Å²) in [5.41, 5.74) is 1.42. The zero-order valence-electron chi connectivity index (χ0n) is 13.1. The maximum Gasteiger partial charge on any atom is 0.416 e. The van der Waals surface area contributed by atoms with Crippen molar-refractivity contribution in [1.82, 2.24) is 20.6 Å². The number of halogens is 3. The maximum absolute atomic E-state index is 12.9. The van der Waals surface area contributed by atoms with Gasteiger partial charge >= 0.3 is 6.18 Å². The summed E-state index contributed by atoms with van der Waals surface area (Å²) in [4.78, 5) is 0. The normalized spacial score (nSPS) is 16.0. The van der Waals surface area contributed by atoms with Crippen molar-refractivity contribution in [1.29, 1.82) is 5.26 Å². The molecule has 0 fully saturated rings. The lowest BCUT2D eigenvalue weighted by Crippen LogP contribution is -2.05. The molecule has 0 spiro atoms. The Labute approximate surface area is 145 Å². The van der Waals surface area contributed by atoms with E-state index >= 15 is 0 Å². The van der Waals surface area contributed by atoms with Gasteiger partial charge in [0.1, 0.15) is 11.9 Å². The molecule has 1 aromatic heterocycles. The monoisotopic (exact) mass is 357 g/mol. The number of tetrazole rings is 1. The molecule has 6 nitrogen and oxygen atoms in total. The van der Waals surface area contributed by atoms with Crippen LogP contribution in [0.2, 0.25) is 0 Å². The van der Waals surface area contributed by atoms with Gasteiger partial charge in [-0.25, -0.2) is 5.10 Å². The van der Waals surface area contributed by atoms with Crippen LogP contribution >= 0.6 is 0 Å². The number of nitriles is 1. The summed E-state index contributed by atoms with van der Waals surface area (Å²) in [7, 11) is 0. The van der Waals surface area contributed by atoms with Gasteiger partial charge in [-0.15, -0.1) is 5.10 Å². The third-order valence-corrected chi connectivity index (χ3v) is 4.14. The van der Waals surface area contributed by atoms with Crippen LogP contribution in [0.15, 0.2) is 36.4 Å². The van der Waals surface area contributed by atoms with Crippen LogP contribution in [-0.4, -0.2) is 20.6 Å². The molecule has 0 radical (unpaired) electrons. The average Bonchev–Trinajstić information content (AvgIpc) is 3.29. The number of aromatic nitrogens is 4. The molecule has 0 bridgehead atoms. The van der Waals surface area contributed by atoms with E-state index in [9.17, 15) is 18.4 Å². The molecule has 0 saturated carbocycles. The number of nitrogens with one attached hydrogen (secondary N) is 1. The Morgan fingerprint density at radius 1 is 1.19 bits per heavy atom. The fourth-order valence-electron chi connectivity index (χ4n) is 2.93. The van der Waals surface area contributed by atoms with Gasteiger partial charge in [0.2, 0.25) is 0 Å². The summed E-state index contributed by atoms with van der Waals surface area (Å²) in [6.45, 7) is 0. The predicted octanol–water partition coefficient (Wildman–Crippen LogP) is 3.43. The van der Waals surface area contributed by atoms with E-state index in [1.165, 1.54) is 6.07 Å². The van der Waals surface area contributed by atoms with Crippen LogP contribution in [-0.2, 0) is 12.6 Å². The smallest absolute Gasteiger partial charge is 0.416 e. The number of H-pyrrole nitrogens is 1. The van der Waals surface area contributed by atoms with Crippen molar-refractivity contribution < 1.29 is 17.9 Å². The molecule has 1 aliphatic rings. The highest BCUT2D eigenvalue weighted by molar-refractivity contribution is 5.59. The second-order valence-corrected chi connectivity index (χ2v) is 5.84. The first-order valence-electron chi connectivity index (χ1n) is 7.60. The van der Waals surface area contributed by atoms with E-state index in [0.29, 0.717) is 33.8 Å². The number of rotatable bonds is 2. The van der Waals surface area contributed by atoms with E-state index in [4.69, 9.17) is 4.74 Å². The van der Waals surface area contributed by atoms with E-state index < -0.39 is 17.8 Å². The number of nitrogens with zero attached hydrogens (tertiary/aromatic N) is 4. The molecule has 2 aromatic carbocycles. The first-order chi connectivity index (χ1) is 12.4. The number of alkyl halides is 3. The topological polar surface area (TPSA) is 87.5 Å². The minimum atomic E-state index is -4.40. The van der Waals surface area contributed by atoms with Gasteiger partial charge in [0, 0.05) is 12.0 Å². The van der Waals surface area contributed by atoms with Gasteiger partial charge in [0.25, 0.3) is 0 Å². The Morgan fingerprint density at radius 2 is 2.04 bits per heavy atom. The molecule has 130 valence electrons. The Hall–Kier alpha value is -3.41. The van der Waals surface area contributed by atoms with Crippen molar-refractivity contribution in [2.45, 2.75) is 18.7 Å². The molecule has 1 N–H and O–H groups in total. The fourth-order valence-corrected chi connectivity index (χ4v) is 2.93. The summed E-state index contributed by atoms with van der Waals surface area (Å²) in [6.07, 6.45) is -4.61. The lowest BCUT2D eigenvalue weighted by atomic mass is 9.98. The van der Waals surface area contributed by atoms with E-state index in [-0.39, 0.29) is 6.42 Å². The molecule has 0 saturated heterocycles. The summed E-state index contributed by atoms with van der Waals surface area (Å²) < 4.78 is 44.5. The number of aromatic amines is 1. The lowest BCUT2D eigenvalue weighted by molar-refractivity contribution is -0.137. The highest BCUT2D eigenvalue weighted by Gasteiger charge is 2.33. The molecular formula is C17H10F3N5O. The van der Waals surface area contributed by atoms with Crippen molar-refractivity contribution in [2.75, 3.05) is 0 Å². The Bertz CT molecular complexity index is 1010. The van der Waals surface area contributed by atoms with E-state index in [1.54, 1.807) is 18.2 Å². The van der Waals surface area contributed by atoms with Crippen LogP contribution in [0, 0.1) is 11.3 Å². The maximum atomic E-state index is 12.9. The first kappa shape index (κ1) is 16.1. The molecule has 1 atom stereocenters. The molecular weight excluding hydrogens is 347 g/mol. The van der Waals surface area contributed by atoms with E-state index in [2.05, 4.69) is 26.7 Å². The molecule has 4 rings (SSSR count). The summed E-state index contributed by atoms with van der Waals surface area (Å²) >= 11 is 0. The van der Waals surface area contributed by atoms with Crippen molar-refractivity contribution in [3.8, 4) is 23.2 Å². The second kappa shape index (κ2) is 5.84. The van der Waals surface area contributed by atoms with Crippen LogP contribution in [0.4, 0.5) is 13.2 Å². The van der Waals surface area contributed by atoms with Crippen LogP contribution in [0.25, 0.3) is 11.4 Å². The zero-order chi connectivity index (χ0) is 18.3. The number of benzene rings is 2. The van der Waals surface area contributed by atoms with Gasteiger partial charge in [-0.1, -0.05) is 0 Å². The molecule has 0 aliphatic carbocycles. The summed E-state index contributed by atoms with van der Waals surface area (Å²) in [5.74, 6) is 0.798. The molecule has 2 heterocycles. The highest BCUT2D eigenvalue weighted by Crippen LogP contribution is 2.40. The van der Waals surface area contributed by atoms with Crippen molar-refractivity contribution in [2.24, 2.45) is 0 Å². The van der Waals surface area contributed by atoms with Crippen LogP contribution < -0.4 is 4.74 Å². The largest absolute Gasteiger partial charge is 0.485 e. The molecule has 26 heavy (non-hydrogen) atoms. The SMILES string of the molecule is N#Cc1cc(-c2nnn[nH]2)cc(C2Cc3cc(C(F)(F)F)ccc3O2)c1. The van der Waals surface area contributed by atoms with E-state index in [1.807, 2.05) is 0 Å². The molecule has 1 unspecified atom stereocenters. The van der Waals surface area contributed by atoms with Crippen molar-refractivity contribution in [3.63, 3.8) is 0 Å². The Kier molecular flexibility index (Phi) is 3.61. The first-order valence-corrected chi connectivity index (χ1v) is 7.60. The fraction of sp³-hybridized carbons (Fsp3) is 0.176. The van der Waals surface area contributed by atoms with Gasteiger partial charge < -0.3 is 4.74 Å². The van der Waals surface area contributed by atoms with Crippen molar-refractivity contribution in [3.05, 3.63) is 58.7 Å². The second-order valence-electron chi connectivity index (χ2n) is 5.84. The van der Waals surface area contributed by atoms with Crippen LogP contribution in [0.3, 0.4) is 0 Å². The molecule has 9 heteroatoms. The molecule has 1 aliphatic heterocycles. The van der Waals surface area contributed by atoms with Gasteiger partial charge in [-0.2, -0.15) is 18.4 Å². The average molecular weight is 357 g/mol. The van der Waals surface area contributed by atoms with Gasteiger partial charge in [-0.05, 0) is 58.0 Å². The number of hydrogen-bond donors (Lipinski definition) is 1. The summed E-state index contributed by atoms with van der Waals surface area (Å²) in [6, 6.07) is 10.5. The Morgan fingerprint density at radius 3 is 2.73 bits per heavy atom. The van der Waals surface area contributed by atoms with E-state index in [0.717, 1.165) is 12.1 Å². The van der Waals surface area contributed by atoms with Gasteiger partial charge in [0.05, 0.1) is 17.2 Å². The minimum Gasteiger partial charge on any atom is -0.485 e.